The molecule has 5 heteroatoms. The molecule has 0 radical (unpaired) electrons. The maximum atomic E-state index is 12.0. The van der Waals surface area contributed by atoms with Crippen LogP contribution in [0.15, 0.2) is 0 Å². The standard InChI is InChI=1S/C13H22N2O3/c1-2-13(5-6-13)9-14-12(18)15-7-3-4-10(8-15)11(16)17/h10H,2-9H2,1H3,(H,14,18)(H,16,17). The minimum atomic E-state index is -0.792. The van der Waals surface area contributed by atoms with Gasteiger partial charge in [-0.3, -0.25) is 4.79 Å². The maximum Gasteiger partial charge on any atom is 0.317 e. The first kappa shape index (κ1) is 13.2. The largest absolute Gasteiger partial charge is 0.481 e. The van der Waals surface area contributed by atoms with Gasteiger partial charge in [-0.05, 0) is 37.5 Å². The number of nitrogens with zero attached hydrogens (tertiary/aromatic N) is 1. The second-order valence-electron chi connectivity index (χ2n) is 5.64. The molecule has 18 heavy (non-hydrogen) atoms. The summed E-state index contributed by atoms with van der Waals surface area (Å²) in [4.78, 5) is 24.6. The summed E-state index contributed by atoms with van der Waals surface area (Å²) in [6, 6.07) is -0.0966. The predicted octanol–water partition coefficient (Wildman–Crippen LogP) is 1.68. The van der Waals surface area contributed by atoms with Crippen LogP contribution in [0, 0.1) is 11.3 Å². The molecule has 1 unspecified atom stereocenters. The molecule has 1 aliphatic heterocycles. The number of hydrogen-bond acceptors (Lipinski definition) is 2. The van der Waals surface area contributed by atoms with Crippen LogP contribution >= 0.6 is 0 Å². The second-order valence-corrected chi connectivity index (χ2v) is 5.64. The van der Waals surface area contributed by atoms with Crippen LogP contribution in [0.25, 0.3) is 0 Å². The summed E-state index contributed by atoms with van der Waals surface area (Å²) < 4.78 is 0. The number of nitrogens with one attached hydrogen (secondary N) is 1. The van der Waals surface area contributed by atoms with Gasteiger partial charge < -0.3 is 15.3 Å². The lowest BCUT2D eigenvalue weighted by atomic mass is 9.98. The SMILES string of the molecule is CCC1(CNC(=O)N2CCCC(C(=O)O)C2)CC1. The van der Waals surface area contributed by atoms with Gasteiger partial charge in [0, 0.05) is 19.6 Å². The Kier molecular flexibility index (Phi) is 3.78. The van der Waals surface area contributed by atoms with Gasteiger partial charge in [-0.1, -0.05) is 6.92 Å². The number of rotatable bonds is 4. The zero-order valence-corrected chi connectivity index (χ0v) is 10.9. The second kappa shape index (κ2) is 5.16. The van der Waals surface area contributed by atoms with Crippen LogP contribution in [-0.4, -0.2) is 41.6 Å². The smallest absolute Gasteiger partial charge is 0.317 e. The Bertz CT molecular complexity index is 339. The number of amides is 2. The number of likely N-dealkylation sites (tertiary alicyclic amines) is 1. The van der Waals surface area contributed by atoms with E-state index in [1.807, 2.05) is 0 Å². The van der Waals surface area contributed by atoms with E-state index in [0.29, 0.717) is 24.9 Å². The molecule has 1 saturated carbocycles. The zero-order valence-electron chi connectivity index (χ0n) is 10.9. The number of piperidine rings is 1. The molecule has 0 aromatic rings. The van der Waals surface area contributed by atoms with E-state index in [2.05, 4.69) is 12.2 Å². The lowest BCUT2D eigenvalue weighted by molar-refractivity contribution is -0.143. The predicted molar refractivity (Wildman–Crippen MR) is 67.3 cm³/mol. The van der Waals surface area contributed by atoms with Crippen LogP contribution in [0.5, 0.6) is 0 Å². The molecule has 2 fully saturated rings. The minimum Gasteiger partial charge on any atom is -0.481 e. The molecule has 1 aliphatic carbocycles. The van der Waals surface area contributed by atoms with E-state index in [1.165, 1.54) is 12.8 Å². The highest BCUT2D eigenvalue weighted by molar-refractivity contribution is 5.76. The van der Waals surface area contributed by atoms with Crippen LogP contribution in [0.2, 0.25) is 0 Å². The third-order valence-corrected chi connectivity index (χ3v) is 4.38. The van der Waals surface area contributed by atoms with Gasteiger partial charge in [-0.2, -0.15) is 0 Å². The molecule has 1 heterocycles. The van der Waals surface area contributed by atoms with Gasteiger partial charge in [0.25, 0.3) is 0 Å². The van der Waals surface area contributed by atoms with Crippen molar-refractivity contribution in [3.63, 3.8) is 0 Å². The Morgan fingerprint density at radius 1 is 1.44 bits per heavy atom. The molecule has 1 saturated heterocycles. The van der Waals surface area contributed by atoms with Crippen molar-refractivity contribution in [2.45, 2.75) is 39.0 Å². The number of carboxylic acids is 1. The fourth-order valence-electron chi connectivity index (χ4n) is 2.57. The summed E-state index contributed by atoms with van der Waals surface area (Å²) in [6.45, 7) is 3.91. The highest BCUT2D eigenvalue weighted by Crippen LogP contribution is 2.47. The molecule has 102 valence electrons. The van der Waals surface area contributed by atoms with Crippen LogP contribution in [0.1, 0.15) is 39.0 Å². The molecule has 0 aromatic heterocycles. The number of carbonyl (C=O) groups is 2. The third-order valence-electron chi connectivity index (χ3n) is 4.38. The van der Waals surface area contributed by atoms with Crippen LogP contribution in [0.4, 0.5) is 4.79 Å². The van der Waals surface area contributed by atoms with E-state index in [0.717, 1.165) is 19.4 Å². The highest BCUT2D eigenvalue weighted by atomic mass is 16.4. The molecule has 0 aromatic carbocycles. The topological polar surface area (TPSA) is 69.6 Å². The van der Waals surface area contributed by atoms with Gasteiger partial charge in [-0.15, -0.1) is 0 Å². The highest BCUT2D eigenvalue weighted by Gasteiger charge is 2.41. The molecule has 2 rings (SSSR count). The van der Waals surface area contributed by atoms with E-state index in [1.54, 1.807) is 4.90 Å². The fraction of sp³-hybridized carbons (Fsp3) is 0.846. The Balaban J connectivity index is 1.79. The van der Waals surface area contributed by atoms with Crippen molar-refractivity contribution in [2.24, 2.45) is 11.3 Å². The van der Waals surface area contributed by atoms with Crippen molar-refractivity contribution in [3.8, 4) is 0 Å². The van der Waals surface area contributed by atoms with Gasteiger partial charge in [-0.25, -0.2) is 4.79 Å². The van der Waals surface area contributed by atoms with Gasteiger partial charge in [0.15, 0.2) is 0 Å². The summed E-state index contributed by atoms with van der Waals surface area (Å²) in [5, 5.41) is 11.9. The number of urea groups is 1. The molecule has 1 atom stereocenters. The average Bonchev–Trinajstić information content (AvgIpc) is 3.17. The molecule has 2 aliphatic rings. The van der Waals surface area contributed by atoms with Crippen LogP contribution in [0.3, 0.4) is 0 Å². The molecular weight excluding hydrogens is 232 g/mol. The van der Waals surface area contributed by atoms with E-state index in [4.69, 9.17) is 5.11 Å². The molecule has 0 bridgehead atoms. The Morgan fingerprint density at radius 2 is 2.17 bits per heavy atom. The van der Waals surface area contributed by atoms with Gasteiger partial charge in [0.2, 0.25) is 0 Å². The van der Waals surface area contributed by atoms with E-state index in [-0.39, 0.29) is 6.03 Å². The number of aliphatic carboxylic acids is 1. The average molecular weight is 254 g/mol. The Hall–Kier alpha value is -1.26. The Labute approximate surface area is 108 Å². The molecule has 0 spiro atoms. The van der Waals surface area contributed by atoms with Crippen molar-refractivity contribution in [2.75, 3.05) is 19.6 Å². The summed E-state index contributed by atoms with van der Waals surface area (Å²) >= 11 is 0. The first-order chi connectivity index (χ1) is 8.56. The van der Waals surface area contributed by atoms with Crippen LogP contribution in [-0.2, 0) is 4.79 Å². The summed E-state index contributed by atoms with van der Waals surface area (Å²) in [7, 11) is 0. The van der Waals surface area contributed by atoms with E-state index in [9.17, 15) is 9.59 Å². The summed E-state index contributed by atoms with van der Waals surface area (Å²) in [6.07, 6.45) is 4.95. The van der Waals surface area contributed by atoms with Gasteiger partial charge >= 0.3 is 12.0 Å². The zero-order chi connectivity index (χ0) is 13.2. The summed E-state index contributed by atoms with van der Waals surface area (Å²) in [5.41, 5.74) is 0.331. The van der Waals surface area contributed by atoms with Crippen molar-refractivity contribution in [1.29, 1.82) is 0 Å². The number of hydrogen-bond donors (Lipinski definition) is 2. The van der Waals surface area contributed by atoms with Crippen LogP contribution < -0.4 is 5.32 Å². The third kappa shape index (κ3) is 2.94. The lowest BCUT2D eigenvalue weighted by Gasteiger charge is -2.31. The molecule has 2 N–H and O–H groups in total. The molecule has 5 nitrogen and oxygen atoms in total. The molecular formula is C13H22N2O3. The van der Waals surface area contributed by atoms with Crippen molar-refractivity contribution in [3.05, 3.63) is 0 Å². The quantitative estimate of drug-likeness (QED) is 0.802. The summed E-state index contributed by atoms with van der Waals surface area (Å²) in [5.74, 6) is -1.19. The fourth-order valence-corrected chi connectivity index (χ4v) is 2.57. The van der Waals surface area contributed by atoms with Crippen molar-refractivity contribution in [1.82, 2.24) is 10.2 Å². The van der Waals surface area contributed by atoms with Crippen molar-refractivity contribution < 1.29 is 14.7 Å². The first-order valence-corrected chi connectivity index (χ1v) is 6.82. The normalized spacial score (nSPS) is 25.6. The maximum absolute atomic E-state index is 12.0. The molecule has 2 amide bonds. The Morgan fingerprint density at radius 3 is 2.72 bits per heavy atom. The van der Waals surface area contributed by atoms with E-state index < -0.39 is 11.9 Å². The van der Waals surface area contributed by atoms with Gasteiger partial charge in [0.05, 0.1) is 5.92 Å². The van der Waals surface area contributed by atoms with Gasteiger partial charge in [0.1, 0.15) is 0 Å². The minimum absolute atomic E-state index is 0.0966. The lowest BCUT2D eigenvalue weighted by Crippen LogP contribution is -2.48. The van der Waals surface area contributed by atoms with E-state index >= 15 is 0 Å². The number of carbonyl (C=O) groups excluding carboxylic acids is 1. The number of carboxylic acid groups (broad SMARTS) is 1. The monoisotopic (exact) mass is 254 g/mol. The van der Waals surface area contributed by atoms with Crippen molar-refractivity contribution >= 4 is 12.0 Å². The first-order valence-electron chi connectivity index (χ1n) is 6.82.